The summed E-state index contributed by atoms with van der Waals surface area (Å²) >= 11 is 5.65. The first kappa shape index (κ1) is 10.2. The molecule has 13 heavy (non-hydrogen) atoms. The third kappa shape index (κ3) is 4.05. The fourth-order valence-corrected chi connectivity index (χ4v) is 1.03. The Morgan fingerprint density at radius 1 is 1.38 bits per heavy atom. The van der Waals surface area contributed by atoms with E-state index in [9.17, 15) is 0 Å². The number of aromatic nitrogens is 2. The molecule has 0 aliphatic heterocycles. The van der Waals surface area contributed by atoms with E-state index in [1.807, 2.05) is 0 Å². The van der Waals surface area contributed by atoms with Crippen molar-refractivity contribution in [2.24, 2.45) is 0 Å². The van der Waals surface area contributed by atoms with Crippen molar-refractivity contribution in [1.82, 2.24) is 9.97 Å². The third-order valence-electron chi connectivity index (χ3n) is 1.52. The highest BCUT2D eigenvalue weighted by atomic mass is 35.5. The Kier molecular flexibility index (Phi) is 4.49. The van der Waals surface area contributed by atoms with Crippen LogP contribution in [-0.2, 0) is 0 Å². The molecule has 0 aromatic carbocycles. The number of nitrogens with zero attached hydrogens (tertiary/aromatic N) is 2. The Morgan fingerprint density at radius 2 is 2.23 bits per heavy atom. The molecule has 1 heterocycles. The zero-order valence-corrected chi connectivity index (χ0v) is 7.96. The normalized spacial score (nSPS) is 10.0. The monoisotopic (exact) mass is 201 g/mol. The van der Waals surface area contributed by atoms with Crippen LogP contribution in [0.1, 0.15) is 12.8 Å². The van der Waals surface area contributed by atoms with Gasteiger partial charge in [-0.3, -0.25) is 0 Å². The standard InChI is InChI=1S/C8H12ClN3O/c9-7-5-8(12-6-11-7)10-3-1-2-4-13/h5-6,13H,1-4H2,(H,10,11,12). The van der Waals surface area contributed by atoms with Crippen LogP contribution < -0.4 is 5.32 Å². The number of halogens is 1. The number of hydrogen-bond acceptors (Lipinski definition) is 4. The highest BCUT2D eigenvalue weighted by Gasteiger charge is 1.94. The van der Waals surface area contributed by atoms with E-state index in [4.69, 9.17) is 16.7 Å². The van der Waals surface area contributed by atoms with E-state index < -0.39 is 0 Å². The van der Waals surface area contributed by atoms with Crippen LogP contribution in [0.25, 0.3) is 0 Å². The summed E-state index contributed by atoms with van der Waals surface area (Å²) < 4.78 is 0. The van der Waals surface area contributed by atoms with Gasteiger partial charge in [-0.2, -0.15) is 0 Å². The summed E-state index contributed by atoms with van der Waals surface area (Å²) in [7, 11) is 0. The minimum atomic E-state index is 0.228. The minimum Gasteiger partial charge on any atom is -0.396 e. The predicted molar refractivity (Wildman–Crippen MR) is 51.9 cm³/mol. The summed E-state index contributed by atoms with van der Waals surface area (Å²) in [5.74, 6) is 0.720. The van der Waals surface area contributed by atoms with E-state index in [-0.39, 0.29) is 6.61 Å². The molecular weight excluding hydrogens is 190 g/mol. The second kappa shape index (κ2) is 5.72. The van der Waals surface area contributed by atoms with Gasteiger partial charge in [0.15, 0.2) is 0 Å². The number of aliphatic hydroxyl groups is 1. The van der Waals surface area contributed by atoms with Crippen LogP contribution in [0.4, 0.5) is 5.82 Å². The van der Waals surface area contributed by atoms with Crippen molar-refractivity contribution in [1.29, 1.82) is 0 Å². The topological polar surface area (TPSA) is 58.0 Å². The zero-order chi connectivity index (χ0) is 9.52. The highest BCUT2D eigenvalue weighted by Crippen LogP contribution is 2.08. The van der Waals surface area contributed by atoms with Gasteiger partial charge in [0.2, 0.25) is 0 Å². The molecule has 1 aromatic rings. The van der Waals surface area contributed by atoms with Crippen molar-refractivity contribution in [3.8, 4) is 0 Å². The summed E-state index contributed by atoms with van der Waals surface area (Å²) in [6.07, 6.45) is 3.13. The molecule has 72 valence electrons. The Balaban J connectivity index is 2.28. The van der Waals surface area contributed by atoms with E-state index >= 15 is 0 Å². The molecule has 0 bridgehead atoms. The SMILES string of the molecule is OCCCCNc1cc(Cl)ncn1. The van der Waals surface area contributed by atoms with Gasteiger partial charge in [0.25, 0.3) is 0 Å². The summed E-state index contributed by atoms with van der Waals surface area (Å²) in [6, 6.07) is 1.67. The molecule has 0 saturated carbocycles. The molecule has 1 rings (SSSR count). The smallest absolute Gasteiger partial charge is 0.134 e. The van der Waals surface area contributed by atoms with Gasteiger partial charge in [-0.25, -0.2) is 9.97 Å². The molecule has 2 N–H and O–H groups in total. The minimum absolute atomic E-state index is 0.228. The van der Waals surface area contributed by atoms with Gasteiger partial charge < -0.3 is 10.4 Å². The number of rotatable bonds is 5. The van der Waals surface area contributed by atoms with Crippen molar-refractivity contribution in [2.45, 2.75) is 12.8 Å². The second-order valence-electron chi connectivity index (χ2n) is 2.58. The molecule has 0 amide bonds. The quantitative estimate of drug-likeness (QED) is 0.557. The number of unbranched alkanes of at least 4 members (excludes halogenated alkanes) is 1. The van der Waals surface area contributed by atoms with Crippen LogP contribution in [0.15, 0.2) is 12.4 Å². The van der Waals surface area contributed by atoms with Gasteiger partial charge in [-0.05, 0) is 12.8 Å². The summed E-state index contributed by atoms with van der Waals surface area (Å²) in [6.45, 7) is 1.01. The first-order valence-corrected chi connectivity index (χ1v) is 4.53. The zero-order valence-electron chi connectivity index (χ0n) is 7.20. The van der Waals surface area contributed by atoms with Crippen LogP contribution in [0, 0.1) is 0 Å². The van der Waals surface area contributed by atoms with Crippen molar-refractivity contribution >= 4 is 17.4 Å². The van der Waals surface area contributed by atoms with Crippen molar-refractivity contribution in [3.63, 3.8) is 0 Å². The van der Waals surface area contributed by atoms with Crippen LogP contribution in [0.3, 0.4) is 0 Å². The molecule has 4 nitrogen and oxygen atoms in total. The van der Waals surface area contributed by atoms with Gasteiger partial charge in [0, 0.05) is 19.2 Å². The first-order chi connectivity index (χ1) is 6.33. The van der Waals surface area contributed by atoms with E-state index in [0.29, 0.717) is 5.15 Å². The number of nitrogens with one attached hydrogen (secondary N) is 1. The maximum Gasteiger partial charge on any atom is 0.134 e. The van der Waals surface area contributed by atoms with Crippen LogP contribution in [0.2, 0.25) is 5.15 Å². The largest absolute Gasteiger partial charge is 0.396 e. The average Bonchev–Trinajstić information content (AvgIpc) is 2.13. The Labute approximate surface area is 82.0 Å². The molecule has 0 unspecified atom stereocenters. The molecule has 0 spiro atoms. The van der Waals surface area contributed by atoms with Gasteiger partial charge >= 0.3 is 0 Å². The number of anilines is 1. The Morgan fingerprint density at radius 3 is 2.92 bits per heavy atom. The molecule has 0 aliphatic carbocycles. The van der Waals surface area contributed by atoms with Crippen LogP contribution in [0.5, 0.6) is 0 Å². The number of hydrogen-bond donors (Lipinski definition) is 2. The van der Waals surface area contributed by atoms with Crippen molar-refractivity contribution < 1.29 is 5.11 Å². The average molecular weight is 202 g/mol. The van der Waals surface area contributed by atoms with Gasteiger partial charge in [-0.1, -0.05) is 11.6 Å². The Hall–Kier alpha value is -0.870. The van der Waals surface area contributed by atoms with E-state index in [0.717, 1.165) is 25.2 Å². The lowest BCUT2D eigenvalue weighted by Crippen LogP contribution is -2.04. The predicted octanol–water partition coefficient (Wildman–Crippen LogP) is 1.31. The molecule has 0 aliphatic rings. The maximum atomic E-state index is 8.53. The summed E-state index contributed by atoms with van der Waals surface area (Å²) in [5, 5.41) is 12.0. The molecule has 0 fully saturated rings. The lowest BCUT2D eigenvalue weighted by Gasteiger charge is -2.03. The lowest BCUT2D eigenvalue weighted by molar-refractivity contribution is 0.286. The Bertz CT molecular complexity index is 257. The lowest BCUT2D eigenvalue weighted by atomic mass is 10.3. The van der Waals surface area contributed by atoms with Gasteiger partial charge in [-0.15, -0.1) is 0 Å². The van der Waals surface area contributed by atoms with Crippen molar-refractivity contribution in [2.75, 3.05) is 18.5 Å². The third-order valence-corrected chi connectivity index (χ3v) is 1.73. The van der Waals surface area contributed by atoms with Gasteiger partial charge in [0.05, 0.1) is 0 Å². The molecule has 5 heteroatoms. The second-order valence-corrected chi connectivity index (χ2v) is 2.97. The molecule has 1 aromatic heterocycles. The van der Waals surface area contributed by atoms with Crippen LogP contribution >= 0.6 is 11.6 Å². The molecular formula is C8H12ClN3O. The first-order valence-electron chi connectivity index (χ1n) is 4.15. The summed E-state index contributed by atoms with van der Waals surface area (Å²) in [5.41, 5.74) is 0. The van der Waals surface area contributed by atoms with E-state index in [2.05, 4.69) is 15.3 Å². The van der Waals surface area contributed by atoms with Crippen molar-refractivity contribution in [3.05, 3.63) is 17.5 Å². The van der Waals surface area contributed by atoms with Crippen LogP contribution in [-0.4, -0.2) is 28.2 Å². The molecule has 0 saturated heterocycles. The number of aliphatic hydroxyl groups excluding tert-OH is 1. The van der Waals surface area contributed by atoms with E-state index in [1.165, 1.54) is 6.33 Å². The molecule has 0 radical (unpaired) electrons. The fraction of sp³-hybridized carbons (Fsp3) is 0.500. The van der Waals surface area contributed by atoms with Gasteiger partial charge in [0.1, 0.15) is 17.3 Å². The fourth-order valence-electron chi connectivity index (χ4n) is 0.884. The highest BCUT2D eigenvalue weighted by molar-refractivity contribution is 6.29. The molecule has 0 atom stereocenters. The summed E-state index contributed by atoms with van der Waals surface area (Å²) in [4.78, 5) is 7.73. The van der Waals surface area contributed by atoms with E-state index in [1.54, 1.807) is 6.07 Å². The maximum absolute atomic E-state index is 8.53.